The number of aromatic amines is 1. The van der Waals surface area contributed by atoms with Gasteiger partial charge in [-0.1, -0.05) is 31.0 Å². The van der Waals surface area contributed by atoms with Crippen molar-refractivity contribution in [3.63, 3.8) is 0 Å². The lowest BCUT2D eigenvalue weighted by molar-refractivity contribution is -0.125. The van der Waals surface area contributed by atoms with Crippen LogP contribution in [0.2, 0.25) is 0 Å². The Labute approximate surface area is 184 Å². The number of para-hydroxylation sites is 1. The molecule has 152 valence electrons. The summed E-state index contributed by atoms with van der Waals surface area (Å²) in [5, 5.41) is 8.63. The number of fused-ring (bicyclic) bond motifs is 3. The average molecular weight is 494 g/mol. The molecule has 2 heterocycles. The quantitative estimate of drug-likeness (QED) is 0.344. The van der Waals surface area contributed by atoms with E-state index in [9.17, 15) is 0 Å². The first-order chi connectivity index (χ1) is 13.3. The number of H-pyrrole nitrogens is 1. The Morgan fingerprint density at radius 3 is 2.93 bits per heavy atom. The molecule has 1 aromatic heterocycles. The Kier molecular flexibility index (Phi) is 5.88. The molecule has 3 aliphatic rings. The maximum absolute atomic E-state index is 6.10. The number of benzene rings is 1. The lowest BCUT2D eigenvalue weighted by Gasteiger charge is -2.57. The summed E-state index contributed by atoms with van der Waals surface area (Å²) < 4.78 is 6.10. The Hall–Kier alpha value is -1.28. The fourth-order valence-corrected chi connectivity index (χ4v) is 5.90. The minimum absolute atomic E-state index is 0. The Balaban J connectivity index is 0.00000192. The van der Waals surface area contributed by atoms with Crippen molar-refractivity contribution in [2.75, 3.05) is 20.2 Å². The van der Waals surface area contributed by atoms with Gasteiger partial charge in [-0.2, -0.15) is 0 Å². The number of halogens is 1. The second-order valence-electron chi connectivity index (χ2n) is 8.41. The van der Waals surface area contributed by atoms with Gasteiger partial charge in [0.1, 0.15) is 0 Å². The van der Waals surface area contributed by atoms with Gasteiger partial charge in [-0.3, -0.25) is 4.99 Å². The zero-order valence-electron chi connectivity index (χ0n) is 16.5. The normalized spacial score (nSPS) is 28.0. The molecule has 6 heteroatoms. The number of aliphatic imine (C=N–C) groups is 1. The Morgan fingerprint density at radius 1 is 1.29 bits per heavy atom. The van der Waals surface area contributed by atoms with Crippen molar-refractivity contribution >= 4 is 40.8 Å². The monoisotopic (exact) mass is 494 g/mol. The molecule has 1 saturated heterocycles. The van der Waals surface area contributed by atoms with Crippen molar-refractivity contribution in [3.05, 3.63) is 36.0 Å². The van der Waals surface area contributed by atoms with Crippen molar-refractivity contribution in [1.82, 2.24) is 15.6 Å². The van der Waals surface area contributed by atoms with E-state index in [2.05, 4.69) is 51.1 Å². The highest BCUT2D eigenvalue weighted by molar-refractivity contribution is 14.0. The van der Waals surface area contributed by atoms with Crippen LogP contribution in [-0.4, -0.2) is 43.3 Å². The van der Waals surface area contributed by atoms with E-state index in [1.165, 1.54) is 48.6 Å². The Morgan fingerprint density at radius 2 is 2.11 bits per heavy atom. The zero-order valence-corrected chi connectivity index (χ0v) is 18.9. The summed E-state index contributed by atoms with van der Waals surface area (Å²) >= 11 is 0. The predicted octanol–water partition coefficient (Wildman–Crippen LogP) is 3.84. The standard InChI is InChI=1S/C22H30N4O.HI/c1-23-21(24-12-8-15-14-25-18-7-3-2-6-16(15)18)26-19-17-9-13-27-20(17)22(19)10-4-5-11-22;/h2-3,6-7,14,17,19-20,25H,4-5,8-13H2,1H3,(H2,23,24,26);1H. The van der Waals surface area contributed by atoms with Gasteiger partial charge in [0.25, 0.3) is 0 Å². The SMILES string of the molecule is CN=C(NCCc1c[nH]c2ccccc12)NC1C2CCOC2C12CCCC2.I. The van der Waals surface area contributed by atoms with E-state index in [0.29, 0.717) is 23.5 Å². The van der Waals surface area contributed by atoms with Crippen LogP contribution >= 0.6 is 24.0 Å². The van der Waals surface area contributed by atoms with Crippen LogP contribution in [0, 0.1) is 11.3 Å². The smallest absolute Gasteiger partial charge is 0.191 e. The fraction of sp³-hybridized carbons (Fsp3) is 0.591. The molecule has 0 amide bonds. The van der Waals surface area contributed by atoms with Gasteiger partial charge in [-0.05, 0) is 37.3 Å². The van der Waals surface area contributed by atoms with Gasteiger partial charge in [0.05, 0.1) is 6.10 Å². The van der Waals surface area contributed by atoms with E-state index in [-0.39, 0.29) is 24.0 Å². The van der Waals surface area contributed by atoms with Crippen LogP contribution in [0.1, 0.15) is 37.7 Å². The topological polar surface area (TPSA) is 61.4 Å². The number of aromatic nitrogens is 1. The lowest BCUT2D eigenvalue weighted by Crippen LogP contribution is -2.69. The van der Waals surface area contributed by atoms with Gasteiger partial charge in [0.15, 0.2) is 5.96 Å². The number of rotatable bonds is 4. The summed E-state index contributed by atoms with van der Waals surface area (Å²) in [4.78, 5) is 7.87. The molecule has 0 radical (unpaired) electrons. The molecule has 2 aromatic rings. The van der Waals surface area contributed by atoms with Crippen LogP contribution in [0.25, 0.3) is 10.9 Å². The third kappa shape index (κ3) is 3.22. The molecule has 1 aromatic carbocycles. The van der Waals surface area contributed by atoms with Crippen molar-refractivity contribution in [1.29, 1.82) is 0 Å². The first kappa shape index (κ1) is 20.0. The molecule has 1 spiro atoms. The van der Waals surface area contributed by atoms with Crippen LogP contribution < -0.4 is 10.6 Å². The van der Waals surface area contributed by atoms with Gasteiger partial charge in [0, 0.05) is 54.7 Å². The number of ether oxygens (including phenoxy) is 1. The van der Waals surface area contributed by atoms with E-state index >= 15 is 0 Å². The highest BCUT2D eigenvalue weighted by Gasteiger charge is 2.65. The highest BCUT2D eigenvalue weighted by Crippen LogP contribution is 2.60. The van der Waals surface area contributed by atoms with Crippen LogP contribution in [-0.2, 0) is 11.2 Å². The summed E-state index contributed by atoms with van der Waals surface area (Å²) in [6.07, 6.45) is 10.1. The summed E-state index contributed by atoms with van der Waals surface area (Å²) in [6, 6.07) is 9.01. The molecular weight excluding hydrogens is 463 g/mol. The first-order valence-corrected chi connectivity index (χ1v) is 10.5. The molecule has 1 aliphatic heterocycles. The molecule has 5 rings (SSSR count). The van der Waals surface area contributed by atoms with Gasteiger partial charge < -0.3 is 20.4 Å². The number of hydrogen-bond acceptors (Lipinski definition) is 2. The number of nitrogens with one attached hydrogen (secondary N) is 3. The zero-order chi connectivity index (χ0) is 18.3. The highest BCUT2D eigenvalue weighted by atomic mass is 127. The van der Waals surface area contributed by atoms with Crippen molar-refractivity contribution in [3.8, 4) is 0 Å². The van der Waals surface area contributed by atoms with E-state index in [4.69, 9.17) is 4.74 Å². The third-order valence-electron chi connectivity index (χ3n) is 7.16. The van der Waals surface area contributed by atoms with Gasteiger partial charge in [-0.25, -0.2) is 0 Å². The van der Waals surface area contributed by atoms with Crippen molar-refractivity contribution in [2.24, 2.45) is 16.3 Å². The molecule has 0 bridgehead atoms. The summed E-state index contributed by atoms with van der Waals surface area (Å²) in [6.45, 7) is 1.81. The second-order valence-corrected chi connectivity index (χ2v) is 8.41. The number of nitrogens with zero attached hydrogens (tertiary/aromatic N) is 1. The van der Waals surface area contributed by atoms with Crippen molar-refractivity contribution in [2.45, 2.75) is 50.7 Å². The number of guanidine groups is 1. The molecular formula is C22H31IN4O. The molecule has 3 unspecified atom stereocenters. The van der Waals surface area contributed by atoms with E-state index in [0.717, 1.165) is 25.5 Å². The molecule has 5 nitrogen and oxygen atoms in total. The van der Waals surface area contributed by atoms with Crippen molar-refractivity contribution < 1.29 is 4.74 Å². The third-order valence-corrected chi connectivity index (χ3v) is 7.16. The van der Waals surface area contributed by atoms with E-state index < -0.39 is 0 Å². The number of hydrogen-bond donors (Lipinski definition) is 3. The fourth-order valence-electron chi connectivity index (χ4n) is 5.90. The van der Waals surface area contributed by atoms with Gasteiger partial charge in [-0.15, -0.1) is 24.0 Å². The summed E-state index contributed by atoms with van der Waals surface area (Å²) in [7, 11) is 1.88. The van der Waals surface area contributed by atoms with Crippen LogP contribution in [0.15, 0.2) is 35.5 Å². The van der Waals surface area contributed by atoms with Crippen LogP contribution in [0.3, 0.4) is 0 Å². The van der Waals surface area contributed by atoms with Crippen LogP contribution in [0.4, 0.5) is 0 Å². The van der Waals surface area contributed by atoms with Gasteiger partial charge in [0.2, 0.25) is 0 Å². The molecule has 28 heavy (non-hydrogen) atoms. The molecule has 3 fully saturated rings. The summed E-state index contributed by atoms with van der Waals surface area (Å²) in [5.41, 5.74) is 2.92. The molecule has 3 atom stereocenters. The van der Waals surface area contributed by atoms with Gasteiger partial charge >= 0.3 is 0 Å². The molecule has 2 saturated carbocycles. The minimum atomic E-state index is 0. The average Bonchev–Trinajstić information content (AvgIpc) is 3.43. The maximum Gasteiger partial charge on any atom is 0.191 e. The first-order valence-electron chi connectivity index (χ1n) is 10.5. The lowest BCUT2D eigenvalue weighted by atomic mass is 9.54. The second kappa shape index (κ2) is 8.22. The Bertz CT molecular complexity index is 842. The molecule has 2 aliphatic carbocycles. The van der Waals surface area contributed by atoms with E-state index in [1.54, 1.807) is 0 Å². The largest absolute Gasteiger partial charge is 0.377 e. The maximum atomic E-state index is 6.10. The minimum Gasteiger partial charge on any atom is -0.377 e. The predicted molar refractivity (Wildman–Crippen MR) is 124 cm³/mol. The van der Waals surface area contributed by atoms with Crippen LogP contribution in [0.5, 0.6) is 0 Å². The molecule has 3 N–H and O–H groups in total. The van der Waals surface area contributed by atoms with E-state index in [1.807, 2.05) is 7.05 Å². The summed E-state index contributed by atoms with van der Waals surface area (Å²) in [5.74, 6) is 1.60.